The summed E-state index contributed by atoms with van der Waals surface area (Å²) in [6.45, 7) is 4.21. The molecule has 0 unspecified atom stereocenters. The first-order valence-corrected chi connectivity index (χ1v) is 9.26. The Morgan fingerprint density at radius 3 is 2.89 bits per heavy atom. The van der Waals surface area contributed by atoms with E-state index in [1.54, 1.807) is 11.4 Å². The van der Waals surface area contributed by atoms with Gasteiger partial charge in [-0.25, -0.2) is 13.1 Å². The molecule has 1 aliphatic carbocycles. The van der Waals surface area contributed by atoms with Gasteiger partial charge in [-0.2, -0.15) is 0 Å². The molecule has 19 heavy (non-hydrogen) atoms. The van der Waals surface area contributed by atoms with Gasteiger partial charge in [0, 0.05) is 23.3 Å². The first-order chi connectivity index (χ1) is 9.12. The summed E-state index contributed by atoms with van der Waals surface area (Å²) in [4.78, 5) is 1.46. The maximum absolute atomic E-state index is 12.1. The molecule has 4 nitrogen and oxygen atoms in total. The zero-order chi connectivity index (χ0) is 13.7. The van der Waals surface area contributed by atoms with E-state index in [0.717, 1.165) is 36.7 Å². The Morgan fingerprint density at radius 1 is 1.42 bits per heavy atom. The van der Waals surface area contributed by atoms with Crippen LogP contribution in [0.15, 0.2) is 16.3 Å². The molecule has 0 saturated heterocycles. The molecule has 0 atom stereocenters. The summed E-state index contributed by atoms with van der Waals surface area (Å²) in [5, 5.41) is 4.91. The minimum absolute atomic E-state index is 0.400. The Balaban J connectivity index is 1.81. The predicted molar refractivity (Wildman–Crippen MR) is 78.8 cm³/mol. The Hall–Kier alpha value is -0.430. The summed E-state index contributed by atoms with van der Waals surface area (Å²) < 4.78 is 26.8. The molecule has 1 aromatic rings. The highest BCUT2D eigenvalue weighted by Gasteiger charge is 2.21. The summed E-state index contributed by atoms with van der Waals surface area (Å²) >= 11 is 1.49. The van der Waals surface area contributed by atoms with E-state index < -0.39 is 10.0 Å². The average Bonchev–Trinajstić information content (AvgIpc) is 3.08. The van der Waals surface area contributed by atoms with E-state index in [-0.39, 0.29) is 0 Å². The first-order valence-electron chi connectivity index (χ1n) is 6.89. The van der Waals surface area contributed by atoms with Crippen molar-refractivity contribution in [3.63, 3.8) is 0 Å². The number of hydrogen-bond donors (Lipinski definition) is 2. The van der Waals surface area contributed by atoms with Crippen LogP contribution in [0.25, 0.3) is 0 Å². The van der Waals surface area contributed by atoms with Crippen molar-refractivity contribution in [3.8, 4) is 0 Å². The Kier molecular flexibility index (Phi) is 5.38. The maximum atomic E-state index is 12.1. The third-order valence-electron chi connectivity index (χ3n) is 3.27. The molecule has 0 aromatic carbocycles. The zero-order valence-corrected chi connectivity index (χ0v) is 12.9. The van der Waals surface area contributed by atoms with Gasteiger partial charge in [-0.05, 0) is 31.4 Å². The SMILES string of the molecule is CCNCc1cc(S(=O)(=O)NCCCC2CC2)cs1. The lowest BCUT2D eigenvalue weighted by Gasteiger charge is -2.04. The minimum atomic E-state index is -3.31. The summed E-state index contributed by atoms with van der Waals surface area (Å²) in [6.07, 6.45) is 4.74. The highest BCUT2D eigenvalue weighted by Crippen LogP contribution is 2.33. The molecular formula is C13H22N2O2S2. The predicted octanol–water partition coefficient (Wildman–Crippen LogP) is 2.33. The van der Waals surface area contributed by atoms with E-state index >= 15 is 0 Å². The van der Waals surface area contributed by atoms with Crippen molar-refractivity contribution in [2.24, 2.45) is 5.92 Å². The van der Waals surface area contributed by atoms with Crippen molar-refractivity contribution < 1.29 is 8.42 Å². The van der Waals surface area contributed by atoms with Crippen molar-refractivity contribution >= 4 is 21.4 Å². The number of rotatable bonds is 9. The van der Waals surface area contributed by atoms with Crippen molar-refractivity contribution in [2.45, 2.75) is 44.0 Å². The summed E-state index contributed by atoms with van der Waals surface area (Å²) in [7, 11) is -3.31. The van der Waals surface area contributed by atoms with Crippen LogP contribution in [0.4, 0.5) is 0 Å². The molecule has 2 N–H and O–H groups in total. The Bertz CT molecular complexity index is 492. The molecule has 0 spiro atoms. The number of nitrogens with one attached hydrogen (secondary N) is 2. The molecule has 6 heteroatoms. The van der Waals surface area contributed by atoms with Gasteiger partial charge in [0.1, 0.15) is 0 Å². The maximum Gasteiger partial charge on any atom is 0.241 e. The van der Waals surface area contributed by atoms with E-state index in [4.69, 9.17) is 0 Å². The number of sulfonamides is 1. The minimum Gasteiger partial charge on any atom is -0.312 e. The highest BCUT2D eigenvalue weighted by atomic mass is 32.2. The standard InChI is InChI=1S/C13H22N2O2S2/c1-2-14-9-12-8-13(10-18-12)19(16,17)15-7-3-4-11-5-6-11/h8,10-11,14-15H,2-7,9H2,1H3. The van der Waals surface area contributed by atoms with Gasteiger partial charge in [0.25, 0.3) is 0 Å². The fourth-order valence-corrected chi connectivity index (χ4v) is 4.25. The topological polar surface area (TPSA) is 58.2 Å². The van der Waals surface area contributed by atoms with E-state index in [1.807, 2.05) is 6.92 Å². The van der Waals surface area contributed by atoms with Crippen LogP contribution in [0.1, 0.15) is 37.5 Å². The van der Waals surface area contributed by atoms with Gasteiger partial charge in [0.15, 0.2) is 0 Å². The largest absolute Gasteiger partial charge is 0.312 e. The van der Waals surface area contributed by atoms with Crippen LogP contribution in [0.2, 0.25) is 0 Å². The van der Waals surface area contributed by atoms with Gasteiger partial charge in [-0.1, -0.05) is 19.8 Å². The molecule has 0 aliphatic heterocycles. The van der Waals surface area contributed by atoms with Crippen molar-refractivity contribution in [2.75, 3.05) is 13.1 Å². The van der Waals surface area contributed by atoms with Gasteiger partial charge in [0.2, 0.25) is 10.0 Å². The van der Waals surface area contributed by atoms with Crippen LogP contribution in [0, 0.1) is 5.92 Å². The lowest BCUT2D eigenvalue weighted by atomic mass is 10.2. The number of thiophene rings is 1. The molecule has 0 amide bonds. The average molecular weight is 302 g/mol. The van der Waals surface area contributed by atoms with E-state index in [9.17, 15) is 8.42 Å². The van der Waals surface area contributed by atoms with Gasteiger partial charge < -0.3 is 5.32 Å². The zero-order valence-electron chi connectivity index (χ0n) is 11.3. The summed E-state index contributed by atoms with van der Waals surface area (Å²) in [5.41, 5.74) is 0. The van der Waals surface area contributed by atoms with Crippen LogP contribution in [0.3, 0.4) is 0 Å². The molecule has 1 fully saturated rings. The summed E-state index contributed by atoms with van der Waals surface area (Å²) in [6, 6.07) is 1.76. The van der Waals surface area contributed by atoms with Gasteiger partial charge in [-0.15, -0.1) is 11.3 Å². The van der Waals surface area contributed by atoms with Crippen molar-refractivity contribution in [1.82, 2.24) is 10.0 Å². The molecule has 1 aliphatic rings. The second-order valence-corrected chi connectivity index (χ2v) is 7.78. The smallest absolute Gasteiger partial charge is 0.241 e. The molecule has 0 radical (unpaired) electrons. The van der Waals surface area contributed by atoms with Crippen molar-refractivity contribution in [3.05, 3.63) is 16.3 Å². The van der Waals surface area contributed by atoms with Crippen LogP contribution in [-0.2, 0) is 16.6 Å². The third kappa shape index (κ3) is 4.87. The Labute approximate surface area is 119 Å². The van der Waals surface area contributed by atoms with Gasteiger partial charge in [-0.3, -0.25) is 0 Å². The second-order valence-electron chi connectivity index (χ2n) is 5.01. The normalized spacial score (nSPS) is 15.8. The van der Waals surface area contributed by atoms with E-state index in [0.29, 0.717) is 11.4 Å². The fourth-order valence-electron chi connectivity index (χ4n) is 1.93. The fraction of sp³-hybridized carbons (Fsp3) is 0.692. The monoisotopic (exact) mass is 302 g/mol. The second kappa shape index (κ2) is 6.83. The lowest BCUT2D eigenvalue weighted by Crippen LogP contribution is -2.24. The van der Waals surface area contributed by atoms with Crippen LogP contribution in [0.5, 0.6) is 0 Å². The Morgan fingerprint density at radius 2 is 2.21 bits per heavy atom. The van der Waals surface area contributed by atoms with E-state index in [1.165, 1.54) is 24.2 Å². The number of hydrogen-bond acceptors (Lipinski definition) is 4. The lowest BCUT2D eigenvalue weighted by molar-refractivity contribution is 0.573. The molecule has 108 valence electrons. The molecule has 2 rings (SSSR count). The van der Waals surface area contributed by atoms with Crippen LogP contribution < -0.4 is 10.0 Å². The molecule has 0 bridgehead atoms. The highest BCUT2D eigenvalue weighted by molar-refractivity contribution is 7.89. The van der Waals surface area contributed by atoms with Crippen molar-refractivity contribution in [1.29, 1.82) is 0 Å². The van der Waals surface area contributed by atoms with Crippen LogP contribution in [-0.4, -0.2) is 21.5 Å². The molecule has 1 saturated carbocycles. The molecule has 1 heterocycles. The van der Waals surface area contributed by atoms with Gasteiger partial charge >= 0.3 is 0 Å². The first kappa shape index (κ1) is 15.0. The summed E-state index contributed by atoms with van der Waals surface area (Å²) in [5.74, 6) is 0.859. The quantitative estimate of drug-likeness (QED) is 0.688. The molecular weight excluding hydrogens is 280 g/mol. The third-order valence-corrected chi connectivity index (χ3v) is 5.79. The van der Waals surface area contributed by atoms with Gasteiger partial charge in [0.05, 0.1) is 4.90 Å². The molecule has 1 aromatic heterocycles. The van der Waals surface area contributed by atoms with Crippen LogP contribution >= 0.6 is 11.3 Å². The van der Waals surface area contributed by atoms with E-state index in [2.05, 4.69) is 10.0 Å².